The van der Waals surface area contributed by atoms with E-state index in [-0.39, 0.29) is 6.04 Å². The van der Waals surface area contributed by atoms with Crippen LogP contribution in [0, 0.1) is 13.8 Å². The maximum absolute atomic E-state index is 6.28. The van der Waals surface area contributed by atoms with Gasteiger partial charge in [-0.2, -0.15) is 0 Å². The van der Waals surface area contributed by atoms with Crippen molar-refractivity contribution < 1.29 is 0 Å². The molecule has 0 saturated carbocycles. The number of halogens is 2. The summed E-state index contributed by atoms with van der Waals surface area (Å²) in [6, 6.07) is 5.91. The van der Waals surface area contributed by atoms with Crippen molar-refractivity contribution in [2.45, 2.75) is 19.9 Å². The van der Waals surface area contributed by atoms with E-state index in [1.54, 1.807) is 11.3 Å². The zero-order valence-corrected chi connectivity index (χ0v) is 13.6. The lowest BCUT2D eigenvalue weighted by atomic mass is 10.1. The van der Waals surface area contributed by atoms with Gasteiger partial charge in [-0.1, -0.05) is 27.5 Å². The topological polar surface area (TPSA) is 24.9 Å². The Kier molecular flexibility index (Phi) is 4.43. The summed E-state index contributed by atoms with van der Waals surface area (Å²) in [5.74, 6) is 0. The van der Waals surface area contributed by atoms with Crippen LogP contribution in [0.3, 0.4) is 0 Å². The van der Waals surface area contributed by atoms with E-state index in [2.05, 4.69) is 33.2 Å². The minimum atomic E-state index is 0.0346. The van der Waals surface area contributed by atoms with E-state index in [4.69, 9.17) is 11.6 Å². The molecule has 0 saturated heterocycles. The summed E-state index contributed by atoms with van der Waals surface area (Å²) in [7, 11) is 1.92. The van der Waals surface area contributed by atoms with Gasteiger partial charge in [-0.3, -0.25) is 0 Å². The Morgan fingerprint density at radius 2 is 2.11 bits per heavy atom. The van der Waals surface area contributed by atoms with Crippen LogP contribution in [-0.4, -0.2) is 12.0 Å². The van der Waals surface area contributed by atoms with E-state index in [1.807, 2.05) is 32.2 Å². The predicted molar refractivity (Wildman–Crippen MR) is 81.6 cm³/mol. The van der Waals surface area contributed by atoms with Crippen LogP contribution >= 0.6 is 38.9 Å². The molecule has 2 rings (SSSR count). The highest BCUT2D eigenvalue weighted by atomic mass is 79.9. The second-order valence-corrected chi connectivity index (χ2v) is 6.64. The van der Waals surface area contributed by atoms with Gasteiger partial charge in [0, 0.05) is 14.4 Å². The van der Waals surface area contributed by atoms with Gasteiger partial charge in [-0.05, 0) is 44.7 Å². The van der Waals surface area contributed by atoms with E-state index >= 15 is 0 Å². The molecule has 1 unspecified atom stereocenters. The van der Waals surface area contributed by atoms with Crippen molar-refractivity contribution in [1.82, 2.24) is 10.3 Å². The molecule has 0 aliphatic heterocycles. The molecular weight excluding hydrogens is 332 g/mol. The molecule has 0 amide bonds. The zero-order valence-electron chi connectivity index (χ0n) is 10.4. The summed E-state index contributed by atoms with van der Waals surface area (Å²) in [6.07, 6.45) is 0. The normalized spacial score (nSPS) is 12.7. The Labute approximate surface area is 125 Å². The quantitative estimate of drug-likeness (QED) is 0.887. The van der Waals surface area contributed by atoms with Gasteiger partial charge < -0.3 is 5.32 Å². The second-order valence-electron chi connectivity index (χ2n) is 4.08. The van der Waals surface area contributed by atoms with Crippen LogP contribution in [0.2, 0.25) is 5.02 Å². The third-order valence-electron chi connectivity index (χ3n) is 2.85. The molecule has 2 nitrogen and oxygen atoms in total. The van der Waals surface area contributed by atoms with Crippen molar-refractivity contribution in [1.29, 1.82) is 0 Å². The van der Waals surface area contributed by atoms with Crippen molar-refractivity contribution in [3.05, 3.63) is 48.8 Å². The first kappa shape index (κ1) is 14.0. The summed E-state index contributed by atoms with van der Waals surface area (Å²) in [5, 5.41) is 5.09. The number of hydrogen-bond donors (Lipinski definition) is 1. The Morgan fingerprint density at radius 1 is 1.39 bits per heavy atom. The lowest BCUT2D eigenvalue weighted by Crippen LogP contribution is -2.18. The maximum Gasteiger partial charge on any atom is 0.115 e. The van der Waals surface area contributed by atoms with E-state index < -0.39 is 0 Å². The van der Waals surface area contributed by atoms with Crippen molar-refractivity contribution in [3.63, 3.8) is 0 Å². The first-order valence-corrected chi connectivity index (χ1v) is 7.57. The summed E-state index contributed by atoms with van der Waals surface area (Å²) >= 11 is 11.5. The predicted octanol–water partition coefficient (Wildman–Crippen LogP) is 4.48. The molecule has 0 bridgehead atoms. The molecule has 0 radical (unpaired) electrons. The van der Waals surface area contributed by atoms with E-state index in [9.17, 15) is 0 Å². The largest absolute Gasteiger partial charge is 0.307 e. The fourth-order valence-corrected chi connectivity index (χ4v) is 3.43. The number of rotatable bonds is 3. The minimum Gasteiger partial charge on any atom is -0.307 e. The highest BCUT2D eigenvalue weighted by Gasteiger charge is 2.19. The van der Waals surface area contributed by atoms with Gasteiger partial charge in [0.2, 0.25) is 0 Å². The van der Waals surface area contributed by atoms with Gasteiger partial charge in [-0.25, -0.2) is 4.98 Å². The van der Waals surface area contributed by atoms with Gasteiger partial charge in [0.15, 0.2) is 0 Å². The lowest BCUT2D eigenvalue weighted by Gasteiger charge is -2.15. The summed E-state index contributed by atoms with van der Waals surface area (Å²) in [5.41, 5.74) is 2.13. The summed E-state index contributed by atoms with van der Waals surface area (Å²) < 4.78 is 1.02. The highest BCUT2D eigenvalue weighted by molar-refractivity contribution is 9.10. The van der Waals surface area contributed by atoms with Crippen molar-refractivity contribution in [2.75, 3.05) is 7.05 Å². The molecule has 2 aromatic rings. The molecule has 1 atom stereocenters. The zero-order chi connectivity index (χ0) is 13.3. The SMILES string of the molecule is CNC(c1nc(C)c(C)s1)c1cc(Br)ccc1Cl. The Bertz CT molecular complexity index is 549. The number of nitrogens with zero attached hydrogens (tertiary/aromatic N) is 1. The smallest absolute Gasteiger partial charge is 0.115 e. The number of aromatic nitrogens is 1. The average molecular weight is 346 g/mol. The summed E-state index contributed by atoms with van der Waals surface area (Å²) in [4.78, 5) is 5.86. The number of hydrogen-bond acceptors (Lipinski definition) is 3. The molecule has 0 spiro atoms. The Morgan fingerprint density at radius 3 is 2.67 bits per heavy atom. The van der Waals surface area contributed by atoms with E-state index in [0.29, 0.717) is 0 Å². The third kappa shape index (κ3) is 2.77. The monoisotopic (exact) mass is 344 g/mol. The van der Waals surface area contributed by atoms with Crippen LogP contribution < -0.4 is 5.32 Å². The molecule has 1 heterocycles. The molecular formula is C13H14BrClN2S. The van der Waals surface area contributed by atoms with Crippen LogP contribution in [-0.2, 0) is 0 Å². The van der Waals surface area contributed by atoms with Crippen LogP contribution in [0.5, 0.6) is 0 Å². The molecule has 1 aromatic heterocycles. The first-order valence-electron chi connectivity index (χ1n) is 5.59. The molecule has 0 aliphatic rings. The molecule has 1 aromatic carbocycles. The third-order valence-corrected chi connectivity index (χ3v) is 4.82. The maximum atomic E-state index is 6.28. The second kappa shape index (κ2) is 5.70. The van der Waals surface area contributed by atoms with Crippen LogP contribution in [0.25, 0.3) is 0 Å². The molecule has 5 heteroatoms. The molecule has 0 aliphatic carbocycles. The average Bonchev–Trinajstić information content (AvgIpc) is 2.65. The van der Waals surface area contributed by atoms with Crippen LogP contribution in [0.1, 0.15) is 27.2 Å². The van der Waals surface area contributed by atoms with Crippen LogP contribution in [0.15, 0.2) is 22.7 Å². The molecule has 18 heavy (non-hydrogen) atoms. The Balaban J connectivity index is 2.48. The fraction of sp³-hybridized carbons (Fsp3) is 0.308. The molecule has 96 valence electrons. The van der Waals surface area contributed by atoms with Crippen LogP contribution in [0.4, 0.5) is 0 Å². The van der Waals surface area contributed by atoms with Crippen molar-refractivity contribution >= 4 is 38.9 Å². The van der Waals surface area contributed by atoms with E-state index in [1.165, 1.54) is 4.88 Å². The van der Waals surface area contributed by atoms with Gasteiger partial charge in [-0.15, -0.1) is 11.3 Å². The van der Waals surface area contributed by atoms with Gasteiger partial charge in [0.25, 0.3) is 0 Å². The first-order chi connectivity index (χ1) is 8.52. The van der Waals surface area contributed by atoms with Crippen molar-refractivity contribution in [2.24, 2.45) is 0 Å². The fourth-order valence-electron chi connectivity index (χ4n) is 1.77. The number of thiazole rings is 1. The van der Waals surface area contributed by atoms with E-state index in [0.717, 1.165) is 25.8 Å². The minimum absolute atomic E-state index is 0.0346. The lowest BCUT2D eigenvalue weighted by molar-refractivity contribution is 0.684. The number of benzene rings is 1. The molecule has 0 fully saturated rings. The highest BCUT2D eigenvalue weighted by Crippen LogP contribution is 2.33. The van der Waals surface area contributed by atoms with Gasteiger partial charge in [0.1, 0.15) is 5.01 Å². The number of nitrogens with one attached hydrogen (secondary N) is 1. The van der Waals surface area contributed by atoms with Crippen molar-refractivity contribution in [3.8, 4) is 0 Å². The summed E-state index contributed by atoms with van der Waals surface area (Å²) in [6.45, 7) is 4.12. The molecule has 1 N–H and O–H groups in total. The standard InChI is InChI=1S/C13H14BrClN2S/c1-7-8(2)18-13(17-7)12(16-3)10-6-9(14)4-5-11(10)15/h4-6,12,16H,1-3H3. The number of aryl methyl sites for hydroxylation is 2. The Hall–Kier alpha value is -0.420. The van der Waals surface area contributed by atoms with Gasteiger partial charge in [0.05, 0.1) is 11.7 Å². The van der Waals surface area contributed by atoms with Gasteiger partial charge >= 0.3 is 0 Å².